The summed E-state index contributed by atoms with van der Waals surface area (Å²) in [6, 6.07) is -0.373. The topological polar surface area (TPSA) is 49.4 Å². The van der Waals surface area contributed by atoms with Gasteiger partial charge in [-0.2, -0.15) is 0 Å². The van der Waals surface area contributed by atoms with Crippen molar-refractivity contribution in [2.45, 2.75) is 45.2 Å². The van der Waals surface area contributed by atoms with Crippen LogP contribution in [0.5, 0.6) is 0 Å². The molecule has 2 unspecified atom stereocenters. The van der Waals surface area contributed by atoms with Crippen LogP contribution in [-0.4, -0.2) is 34.8 Å². The molecule has 2 atom stereocenters. The van der Waals surface area contributed by atoms with E-state index in [9.17, 15) is 9.59 Å². The zero-order valence-corrected chi connectivity index (χ0v) is 11.4. The summed E-state index contributed by atoms with van der Waals surface area (Å²) >= 11 is 0. The summed E-state index contributed by atoms with van der Waals surface area (Å²) in [7, 11) is 0. The number of hydrogen-bond acceptors (Lipinski definition) is 2. The third kappa shape index (κ3) is 1.93. The first-order chi connectivity index (χ1) is 8.41. The Balaban J connectivity index is 2.31. The van der Waals surface area contributed by atoms with E-state index in [4.69, 9.17) is 0 Å². The summed E-state index contributed by atoms with van der Waals surface area (Å²) in [4.78, 5) is 26.6. The third-order valence-corrected chi connectivity index (χ3v) is 4.04. The molecule has 0 aromatic carbocycles. The van der Waals surface area contributed by atoms with E-state index in [0.717, 1.165) is 12.8 Å². The standard InChI is InChI=1S/C14H22N2O2/c1-5-8-16-11(9(2)3)12(17)15-14(4,13(16)18)10-6-7-10/h5,9-11H,1,6-8H2,2-4H3,(H,15,17). The summed E-state index contributed by atoms with van der Waals surface area (Å²) in [6.07, 6.45) is 3.74. The highest BCUT2D eigenvalue weighted by Crippen LogP contribution is 2.42. The summed E-state index contributed by atoms with van der Waals surface area (Å²) in [5.41, 5.74) is -0.703. The van der Waals surface area contributed by atoms with Gasteiger partial charge in [-0.1, -0.05) is 19.9 Å². The molecular formula is C14H22N2O2. The second-order valence-electron chi connectivity index (χ2n) is 5.90. The summed E-state index contributed by atoms with van der Waals surface area (Å²) in [5, 5.41) is 2.96. The monoisotopic (exact) mass is 250 g/mol. The average molecular weight is 250 g/mol. The molecule has 2 aliphatic rings. The van der Waals surface area contributed by atoms with Crippen LogP contribution >= 0.6 is 0 Å². The lowest BCUT2D eigenvalue weighted by atomic mass is 9.86. The van der Waals surface area contributed by atoms with Crippen molar-refractivity contribution in [2.75, 3.05) is 6.54 Å². The van der Waals surface area contributed by atoms with Gasteiger partial charge in [-0.15, -0.1) is 6.58 Å². The average Bonchev–Trinajstić information content (AvgIpc) is 3.09. The number of nitrogens with zero attached hydrogens (tertiary/aromatic N) is 1. The Kier molecular flexibility index (Phi) is 3.21. The number of piperazine rings is 1. The zero-order chi connectivity index (χ0) is 13.5. The molecule has 0 aromatic rings. The van der Waals surface area contributed by atoms with Gasteiger partial charge in [0, 0.05) is 6.54 Å². The van der Waals surface area contributed by atoms with E-state index in [1.165, 1.54) is 0 Å². The maximum atomic E-state index is 12.6. The highest BCUT2D eigenvalue weighted by molar-refractivity contribution is 6.00. The van der Waals surface area contributed by atoms with Crippen molar-refractivity contribution in [3.63, 3.8) is 0 Å². The Labute approximate surface area is 108 Å². The molecular weight excluding hydrogens is 228 g/mol. The number of carbonyl (C=O) groups excluding carboxylic acids is 2. The lowest BCUT2D eigenvalue weighted by Crippen LogP contribution is -2.71. The van der Waals surface area contributed by atoms with Crippen molar-refractivity contribution in [3.8, 4) is 0 Å². The maximum absolute atomic E-state index is 12.6. The summed E-state index contributed by atoms with van der Waals surface area (Å²) < 4.78 is 0. The molecule has 1 saturated heterocycles. The van der Waals surface area contributed by atoms with Crippen LogP contribution < -0.4 is 5.32 Å². The lowest BCUT2D eigenvalue weighted by Gasteiger charge is -2.45. The molecule has 0 radical (unpaired) electrons. The van der Waals surface area contributed by atoms with Crippen molar-refractivity contribution >= 4 is 11.8 Å². The molecule has 1 saturated carbocycles. The quantitative estimate of drug-likeness (QED) is 0.765. The van der Waals surface area contributed by atoms with Gasteiger partial charge in [-0.05, 0) is 31.6 Å². The molecule has 1 aliphatic carbocycles. The zero-order valence-electron chi connectivity index (χ0n) is 11.4. The van der Waals surface area contributed by atoms with Gasteiger partial charge in [-0.3, -0.25) is 9.59 Å². The van der Waals surface area contributed by atoms with Crippen LogP contribution in [0.25, 0.3) is 0 Å². The highest BCUT2D eigenvalue weighted by Gasteiger charge is 2.55. The van der Waals surface area contributed by atoms with Crippen molar-refractivity contribution in [1.29, 1.82) is 0 Å². The molecule has 18 heavy (non-hydrogen) atoms. The lowest BCUT2D eigenvalue weighted by molar-refractivity contribution is -0.156. The number of hydrogen-bond donors (Lipinski definition) is 1. The maximum Gasteiger partial charge on any atom is 0.249 e. The van der Waals surface area contributed by atoms with Gasteiger partial charge in [0.1, 0.15) is 11.6 Å². The van der Waals surface area contributed by atoms with E-state index in [0.29, 0.717) is 12.5 Å². The fourth-order valence-corrected chi connectivity index (χ4v) is 2.89. The van der Waals surface area contributed by atoms with Gasteiger partial charge in [0.25, 0.3) is 0 Å². The van der Waals surface area contributed by atoms with Crippen LogP contribution in [0.15, 0.2) is 12.7 Å². The van der Waals surface area contributed by atoms with Crippen LogP contribution in [0.2, 0.25) is 0 Å². The molecule has 0 spiro atoms. The molecule has 0 bridgehead atoms. The van der Waals surface area contributed by atoms with Crippen molar-refractivity contribution < 1.29 is 9.59 Å². The molecule has 4 nitrogen and oxygen atoms in total. The summed E-state index contributed by atoms with van der Waals surface area (Å²) in [5.74, 6) is 0.427. The molecule has 1 aliphatic heterocycles. The Morgan fingerprint density at radius 1 is 1.50 bits per heavy atom. The molecule has 2 amide bonds. The normalized spacial score (nSPS) is 32.7. The van der Waals surface area contributed by atoms with Crippen molar-refractivity contribution in [1.82, 2.24) is 10.2 Å². The van der Waals surface area contributed by atoms with Crippen LogP contribution in [0, 0.1) is 11.8 Å². The third-order valence-electron chi connectivity index (χ3n) is 4.04. The van der Waals surface area contributed by atoms with Crippen LogP contribution in [0.3, 0.4) is 0 Å². The molecule has 0 aromatic heterocycles. The van der Waals surface area contributed by atoms with Gasteiger partial charge in [0.15, 0.2) is 0 Å². The molecule has 1 N–H and O–H groups in total. The number of carbonyl (C=O) groups is 2. The van der Waals surface area contributed by atoms with Crippen LogP contribution in [0.4, 0.5) is 0 Å². The molecule has 2 rings (SSSR count). The van der Waals surface area contributed by atoms with E-state index in [1.54, 1.807) is 11.0 Å². The predicted molar refractivity (Wildman–Crippen MR) is 69.8 cm³/mol. The Bertz CT molecular complexity index is 387. The molecule has 1 heterocycles. The predicted octanol–water partition coefficient (Wildman–Crippen LogP) is 1.32. The SMILES string of the molecule is C=CCN1C(=O)C(C)(C2CC2)NC(=O)C1C(C)C. The van der Waals surface area contributed by atoms with Crippen molar-refractivity contribution in [2.24, 2.45) is 11.8 Å². The van der Waals surface area contributed by atoms with Crippen LogP contribution in [0.1, 0.15) is 33.6 Å². The van der Waals surface area contributed by atoms with Gasteiger partial charge >= 0.3 is 0 Å². The van der Waals surface area contributed by atoms with Gasteiger partial charge < -0.3 is 10.2 Å². The van der Waals surface area contributed by atoms with E-state index in [1.807, 2.05) is 20.8 Å². The smallest absolute Gasteiger partial charge is 0.249 e. The summed E-state index contributed by atoms with van der Waals surface area (Å²) in [6.45, 7) is 9.92. The first-order valence-corrected chi connectivity index (χ1v) is 6.65. The molecule has 2 fully saturated rings. The van der Waals surface area contributed by atoms with Gasteiger partial charge in [0.05, 0.1) is 0 Å². The van der Waals surface area contributed by atoms with Crippen molar-refractivity contribution in [3.05, 3.63) is 12.7 Å². The van der Waals surface area contributed by atoms with E-state index in [-0.39, 0.29) is 23.8 Å². The first kappa shape index (κ1) is 13.1. The minimum absolute atomic E-state index is 0.0270. The molecule has 100 valence electrons. The Hall–Kier alpha value is -1.32. The van der Waals surface area contributed by atoms with E-state index in [2.05, 4.69) is 11.9 Å². The first-order valence-electron chi connectivity index (χ1n) is 6.65. The number of rotatable bonds is 4. The fraction of sp³-hybridized carbons (Fsp3) is 0.714. The minimum Gasteiger partial charge on any atom is -0.340 e. The van der Waals surface area contributed by atoms with Gasteiger partial charge in [0.2, 0.25) is 11.8 Å². The van der Waals surface area contributed by atoms with Crippen LogP contribution in [-0.2, 0) is 9.59 Å². The number of nitrogens with one attached hydrogen (secondary N) is 1. The Morgan fingerprint density at radius 3 is 2.56 bits per heavy atom. The minimum atomic E-state index is -0.703. The number of amides is 2. The second-order valence-corrected chi connectivity index (χ2v) is 5.90. The Morgan fingerprint density at radius 2 is 2.11 bits per heavy atom. The largest absolute Gasteiger partial charge is 0.340 e. The van der Waals surface area contributed by atoms with E-state index < -0.39 is 5.54 Å². The highest BCUT2D eigenvalue weighted by atomic mass is 16.2. The van der Waals surface area contributed by atoms with E-state index >= 15 is 0 Å². The molecule has 4 heteroatoms. The second kappa shape index (κ2) is 4.41. The fourth-order valence-electron chi connectivity index (χ4n) is 2.89. The van der Waals surface area contributed by atoms with Gasteiger partial charge in [-0.25, -0.2) is 0 Å².